The van der Waals surface area contributed by atoms with Crippen LogP contribution in [0.25, 0.3) is 0 Å². The molecule has 2 fully saturated rings. The molecular formula is C15H30N2O. The fourth-order valence-corrected chi connectivity index (χ4v) is 3.63. The smallest absolute Gasteiger partial charge is 0.0528 e. The van der Waals surface area contributed by atoms with E-state index in [1.165, 1.54) is 19.5 Å². The van der Waals surface area contributed by atoms with E-state index in [9.17, 15) is 0 Å². The second-order valence-corrected chi connectivity index (χ2v) is 7.79. The van der Waals surface area contributed by atoms with Crippen LogP contribution in [-0.4, -0.2) is 60.3 Å². The predicted molar refractivity (Wildman–Crippen MR) is 75.9 cm³/mol. The molecule has 0 N–H and O–H groups in total. The van der Waals surface area contributed by atoms with Crippen LogP contribution in [0.15, 0.2) is 0 Å². The second kappa shape index (κ2) is 4.77. The maximum Gasteiger partial charge on any atom is 0.0528 e. The zero-order valence-corrected chi connectivity index (χ0v) is 13.0. The quantitative estimate of drug-likeness (QED) is 0.768. The molecule has 0 radical (unpaired) electrons. The summed E-state index contributed by atoms with van der Waals surface area (Å²) in [4.78, 5) is 5.22. The third-order valence-corrected chi connectivity index (χ3v) is 4.55. The number of nitrogens with zero attached hydrogens (tertiary/aromatic N) is 2. The minimum Gasteiger partial charge on any atom is -0.381 e. The van der Waals surface area contributed by atoms with Crippen molar-refractivity contribution in [3.63, 3.8) is 0 Å². The van der Waals surface area contributed by atoms with Gasteiger partial charge in [-0.15, -0.1) is 0 Å². The maximum absolute atomic E-state index is 5.28. The molecule has 3 heteroatoms. The largest absolute Gasteiger partial charge is 0.381 e. The predicted octanol–water partition coefficient (Wildman–Crippen LogP) is 2.22. The Bertz CT molecular complexity index is 291. The van der Waals surface area contributed by atoms with Crippen LogP contribution in [0.5, 0.6) is 0 Å². The average Bonchev–Trinajstić information content (AvgIpc) is 2.47. The first-order valence-corrected chi connectivity index (χ1v) is 7.26. The molecule has 2 aliphatic heterocycles. The molecule has 1 unspecified atom stereocenters. The van der Waals surface area contributed by atoms with E-state index in [1.807, 2.05) is 0 Å². The number of likely N-dealkylation sites (tertiary alicyclic amines) is 1. The van der Waals surface area contributed by atoms with Gasteiger partial charge in [0.2, 0.25) is 0 Å². The highest BCUT2D eigenvalue weighted by molar-refractivity contribution is 5.01. The SMILES string of the molecule is CN(CC1COC1)C1CN(C(C)(C)C)C(C)(C)C1. The number of ether oxygens (including phenoxy) is 1. The Kier molecular flexibility index (Phi) is 3.79. The van der Waals surface area contributed by atoms with Crippen LogP contribution in [-0.2, 0) is 4.74 Å². The molecule has 0 aromatic carbocycles. The van der Waals surface area contributed by atoms with E-state index in [2.05, 4.69) is 51.5 Å². The van der Waals surface area contributed by atoms with E-state index in [0.717, 1.165) is 19.1 Å². The van der Waals surface area contributed by atoms with Crippen LogP contribution >= 0.6 is 0 Å². The number of hydrogen-bond acceptors (Lipinski definition) is 3. The first-order chi connectivity index (χ1) is 8.20. The Morgan fingerprint density at radius 1 is 1.28 bits per heavy atom. The standard InChI is InChI=1S/C15H30N2O/c1-14(2,3)17-9-13(7-15(17,4)5)16(6)8-12-10-18-11-12/h12-13H,7-11H2,1-6H3. The third kappa shape index (κ3) is 2.89. The molecule has 0 bridgehead atoms. The lowest BCUT2D eigenvalue weighted by molar-refractivity contribution is -0.0478. The van der Waals surface area contributed by atoms with Crippen molar-refractivity contribution in [1.29, 1.82) is 0 Å². The molecule has 18 heavy (non-hydrogen) atoms. The van der Waals surface area contributed by atoms with Gasteiger partial charge in [-0.1, -0.05) is 0 Å². The van der Waals surface area contributed by atoms with Crippen molar-refractivity contribution in [2.75, 3.05) is 33.4 Å². The van der Waals surface area contributed by atoms with Crippen molar-refractivity contribution in [1.82, 2.24) is 9.80 Å². The van der Waals surface area contributed by atoms with E-state index in [-0.39, 0.29) is 5.54 Å². The summed E-state index contributed by atoms with van der Waals surface area (Å²) in [5.41, 5.74) is 0.575. The molecular weight excluding hydrogens is 224 g/mol. The van der Waals surface area contributed by atoms with E-state index >= 15 is 0 Å². The van der Waals surface area contributed by atoms with Crippen LogP contribution in [0.3, 0.4) is 0 Å². The van der Waals surface area contributed by atoms with Crippen LogP contribution < -0.4 is 0 Å². The van der Waals surface area contributed by atoms with Gasteiger partial charge in [-0.2, -0.15) is 0 Å². The van der Waals surface area contributed by atoms with Gasteiger partial charge < -0.3 is 9.64 Å². The summed E-state index contributed by atoms with van der Waals surface area (Å²) in [5, 5.41) is 0. The Labute approximate surface area is 112 Å². The molecule has 0 amide bonds. The van der Waals surface area contributed by atoms with Gasteiger partial charge in [-0.25, -0.2) is 0 Å². The molecule has 3 nitrogen and oxygen atoms in total. The summed E-state index contributed by atoms with van der Waals surface area (Å²) in [6.45, 7) is 16.1. The Morgan fingerprint density at radius 3 is 2.28 bits per heavy atom. The molecule has 0 spiro atoms. The summed E-state index contributed by atoms with van der Waals surface area (Å²) >= 11 is 0. The molecule has 0 saturated carbocycles. The topological polar surface area (TPSA) is 15.7 Å². The van der Waals surface area contributed by atoms with Gasteiger partial charge in [0.05, 0.1) is 13.2 Å². The van der Waals surface area contributed by atoms with E-state index in [4.69, 9.17) is 4.74 Å². The molecule has 0 aromatic heterocycles. The fraction of sp³-hybridized carbons (Fsp3) is 1.00. The first kappa shape index (κ1) is 14.3. The number of rotatable bonds is 3. The van der Waals surface area contributed by atoms with Crippen LogP contribution in [0.2, 0.25) is 0 Å². The van der Waals surface area contributed by atoms with Gasteiger partial charge in [0, 0.05) is 36.1 Å². The van der Waals surface area contributed by atoms with Crippen LogP contribution in [0, 0.1) is 5.92 Å². The summed E-state index contributed by atoms with van der Waals surface area (Å²) in [5.74, 6) is 0.766. The first-order valence-electron chi connectivity index (χ1n) is 7.26. The van der Waals surface area contributed by atoms with Crippen molar-refractivity contribution in [3.8, 4) is 0 Å². The molecule has 2 aliphatic rings. The van der Waals surface area contributed by atoms with Gasteiger partial charge in [0.25, 0.3) is 0 Å². The molecule has 2 rings (SSSR count). The van der Waals surface area contributed by atoms with Crippen molar-refractivity contribution < 1.29 is 4.74 Å². The van der Waals surface area contributed by atoms with Crippen molar-refractivity contribution >= 4 is 0 Å². The van der Waals surface area contributed by atoms with E-state index < -0.39 is 0 Å². The van der Waals surface area contributed by atoms with E-state index in [1.54, 1.807) is 0 Å². The molecule has 0 aliphatic carbocycles. The zero-order valence-electron chi connectivity index (χ0n) is 13.0. The lowest BCUT2D eigenvalue weighted by atomic mass is 9.95. The lowest BCUT2D eigenvalue weighted by Gasteiger charge is -2.42. The minimum absolute atomic E-state index is 0.263. The minimum atomic E-state index is 0.263. The monoisotopic (exact) mass is 254 g/mol. The van der Waals surface area contributed by atoms with Crippen LogP contribution in [0.1, 0.15) is 41.0 Å². The van der Waals surface area contributed by atoms with Gasteiger partial charge in [0.1, 0.15) is 0 Å². The molecule has 1 atom stereocenters. The number of hydrogen-bond donors (Lipinski definition) is 0. The van der Waals surface area contributed by atoms with Crippen molar-refractivity contribution in [2.45, 2.75) is 58.2 Å². The summed E-state index contributed by atoms with van der Waals surface area (Å²) in [7, 11) is 2.28. The van der Waals surface area contributed by atoms with Crippen molar-refractivity contribution in [3.05, 3.63) is 0 Å². The number of likely N-dealkylation sites (N-methyl/N-ethyl adjacent to an activating group) is 1. The highest BCUT2D eigenvalue weighted by Crippen LogP contribution is 2.36. The Morgan fingerprint density at radius 2 is 1.89 bits per heavy atom. The summed E-state index contributed by atoms with van der Waals surface area (Å²) in [6.07, 6.45) is 1.27. The maximum atomic E-state index is 5.28. The molecule has 2 heterocycles. The van der Waals surface area contributed by atoms with Gasteiger partial charge in [-0.3, -0.25) is 4.90 Å². The van der Waals surface area contributed by atoms with Gasteiger partial charge in [-0.05, 0) is 48.1 Å². The second-order valence-electron chi connectivity index (χ2n) is 7.79. The average molecular weight is 254 g/mol. The normalized spacial score (nSPS) is 29.8. The van der Waals surface area contributed by atoms with E-state index in [0.29, 0.717) is 11.6 Å². The van der Waals surface area contributed by atoms with Crippen LogP contribution in [0.4, 0.5) is 0 Å². The Balaban J connectivity index is 1.95. The van der Waals surface area contributed by atoms with Gasteiger partial charge >= 0.3 is 0 Å². The fourth-order valence-electron chi connectivity index (χ4n) is 3.63. The summed E-state index contributed by atoms with van der Waals surface area (Å²) < 4.78 is 5.28. The van der Waals surface area contributed by atoms with Crippen molar-refractivity contribution in [2.24, 2.45) is 5.92 Å². The zero-order chi connectivity index (χ0) is 13.6. The molecule has 106 valence electrons. The third-order valence-electron chi connectivity index (χ3n) is 4.55. The Hall–Kier alpha value is -0.120. The highest BCUT2D eigenvalue weighted by atomic mass is 16.5. The summed E-state index contributed by atoms with van der Waals surface area (Å²) in [6, 6.07) is 0.694. The van der Waals surface area contributed by atoms with Gasteiger partial charge in [0.15, 0.2) is 0 Å². The molecule has 2 saturated heterocycles. The molecule has 0 aromatic rings. The highest BCUT2D eigenvalue weighted by Gasteiger charge is 2.44. The lowest BCUT2D eigenvalue weighted by Crippen LogP contribution is -2.50.